The van der Waals surface area contributed by atoms with Gasteiger partial charge in [0.25, 0.3) is 11.5 Å². The topological polar surface area (TPSA) is 64.4 Å². The maximum atomic E-state index is 13.9. The fourth-order valence-electron chi connectivity index (χ4n) is 4.83. The van der Waals surface area contributed by atoms with Crippen LogP contribution in [-0.4, -0.2) is 27.0 Å². The van der Waals surface area contributed by atoms with Crippen molar-refractivity contribution in [3.63, 3.8) is 0 Å². The highest BCUT2D eigenvalue weighted by atomic mass is 16.5. The molecule has 0 bridgehead atoms. The van der Waals surface area contributed by atoms with E-state index < -0.39 is 6.04 Å². The molecule has 5 aromatic rings. The van der Waals surface area contributed by atoms with Crippen molar-refractivity contribution in [3.05, 3.63) is 136 Å². The molecule has 196 valence electrons. The third kappa shape index (κ3) is 5.75. The predicted octanol–water partition coefficient (Wildman–Crippen LogP) is 6.25. The van der Waals surface area contributed by atoms with Gasteiger partial charge in [-0.15, -0.1) is 0 Å². The van der Waals surface area contributed by atoms with Crippen molar-refractivity contribution in [2.45, 2.75) is 32.9 Å². The normalized spacial score (nSPS) is 11.7. The Kier molecular flexibility index (Phi) is 7.83. The van der Waals surface area contributed by atoms with Crippen LogP contribution >= 0.6 is 0 Å². The zero-order valence-electron chi connectivity index (χ0n) is 22.2. The Morgan fingerprint density at radius 3 is 2.31 bits per heavy atom. The van der Waals surface area contributed by atoms with Crippen molar-refractivity contribution in [1.82, 2.24) is 14.5 Å². The highest BCUT2D eigenvalue weighted by Gasteiger charge is 2.29. The second-order valence-electron chi connectivity index (χ2n) is 9.50. The fourth-order valence-corrected chi connectivity index (χ4v) is 4.83. The Balaban J connectivity index is 1.63. The molecule has 0 spiro atoms. The molecule has 0 aliphatic rings. The minimum absolute atomic E-state index is 0.129. The van der Waals surface area contributed by atoms with Crippen LogP contribution < -0.4 is 10.3 Å². The Bertz CT molecular complexity index is 1630. The van der Waals surface area contributed by atoms with E-state index in [0.717, 1.165) is 16.8 Å². The van der Waals surface area contributed by atoms with Gasteiger partial charge in [0.15, 0.2) is 6.61 Å². The van der Waals surface area contributed by atoms with Gasteiger partial charge in [-0.2, -0.15) is 0 Å². The monoisotopic (exact) mass is 517 g/mol. The van der Waals surface area contributed by atoms with Gasteiger partial charge in [-0.3, -0.25) is 14.2 Å². The number of carbonyl (C=O) groups excluding carboxylic acids is 1. The molecule has 6 nitrogen and oxygen atoms in total. The molecule has 0 aliphatic heterocycles. The number of carbonyl (C=O) groups is 1. The number of hydrogen-bond acceptors (Lipinski definition) is 4. The van der Waals surface area contributed by atoms with E-state index in [4.69, 9.17) is 9.72 Å². The van der Waals surface area contributed by atoms with Crippen LogP contribution in [0.5, 0.6) is 5.75 Å². The van der Waals surface area contributed by atoms with E-state index in [2.05, 4.69) is 0 Å². The lowest BCUT2D eigenvalue weighted by Crippen LogP contribution is -2.40. The van der Waals surface area contributed by atoms with Crippen LogP contribution in [0.3, 0.4) is 0 Å². The highest BCUT2D eigenvalue weighted by Crippen LogP contribution is 2.28. The first-order valence-corrected chi connectivity index (χ1v) is 13.1. The molecule has 1 amide bonds. The number of aromatic nitrogens is 2. The summed E-state index contributed by atoms with van der Waals surface area (Å²) in [5, 5.41) is 0.533. The Labute approximate surface area is 228 Å². The van der Waals surface area contributed by atoms with E-state index in [1.165, 1.54) is 0 Å². The lowest BCUT2D eigenvalue weighted by Gasteiger charge is -2.32. The third-order valence-electron chi connectivity index (χ3n) is 6.74. The van der Waals surface area contributed by atoms with Crippen molar-refractivity contribution in [1.29, 1.82) is 0 Å². The summed E-state index contributed by atoms with van der Waals surface area (Å²) in [4.78, 5) is 34.6. The van der Waals surface area contributed by atoms with Crippen LogP contribution in [0.2, 0.25) is 0 Å². The largest absolute Gasteiger partial charge is 0.484 e. The molecular formula is C33H31N3O3. The lowest BCUT2D eigenvalue weighted by molar-refractivity contribution is -0.137. The van der Waals surface area contributed by atoms with Crippen LogP contribution in [0, 0.1) is 6.92 Å². The molecule has 1 atom stereocenters. The number of benzene rings is 4. The van der Waals surface area contributed by atoms with Crippen LogP contribution in [0.25, 0.3) is 16.6 Å². The molecule has 1 heterocycles. The molecule has 0 fully saturated rings. The van der Waals surface area contributed by atoms with Crippen LogP contribution in [0.4, 0.5) is 0 Å². The standard InChI is InChI=1S/C33H31N3O3/c1-3-30(35(22-25-14-6-4-7-15-25)31(37)23-39-27-17-8-5-9-18-27)32-34-29-20-11-10-19-28(29)33(38)36(32)26-16-12-13-24(2)21-26/h4-21,30H,3,22-23H2,1-2H3. The van der Waals surface area contributed by atoms with Gasteiger partial charge in [0.05, 0.1) is 22.6 Å². The molecule has 39 heavy (non-hydrogen) atoms. The van der Waals surface area contributed by atoms with Crippen molar-refractivity contribution < 1.29 is 9.53 Å². The van der Waals surface area contributed by atoms with Crippen molar-refractivity contribution >= 4 is 16.8 Å². The highest BCUT2D eigenvalue weighted by molar-refractivity contribution is 5.79. The second-order valence-corrected chi connectivity index (χ2v) is 9.50. The summed E-state index contributed by atoms with van der Waals surface area (Å²) in [5.41, 5.74) is 3.17. The smallest absolute Gasteiger partial charge is 0.266 e. The van der Waals surface area contributed by atoms with Gasteiger partial charge in [0, 0.05) is 6.54 Å². The number of amides is 1. The number of rotatable bonds is 9. The maximum absolute atomic E-state index is 13.9. The van der Waals surface area contributed by atoms with Crippen molar-refractivity contribution in [3.8, 4) is 11.4 Å². The molecule has 0 aliphatic carbocycles. The summed E-state index contributed by atoms with van der Waals surface area (Å²) in [7, 11) is 0. The molecule has 4 aromatic carbocycles. The average molecular weight is 518 g/mol. The molecule has 0 saturated carbocycles. The summed E-state index contributed by atoms with van der Waals surface area (Å²) < 4.78 is 7.52. The molecule has 0 N–H and O–H groups in total. The fraction of sp³-hybridized carbons (Fsp3) is 0.182. The van der Waals surface area contributed by atoms with Crippen molar-refractivity contribution in [2.75, 3.05) is 6.61 Å². The van der Waals surface area contributed by atoms with Gasteiger partial charge in [-0.1, -0.05) is 79.7 Å². The van der Waals surface area contributed by atoms with E-state index in [9.17, 15) is 9.59 Å². The van der Waals surface area contributed by atoms with E-state index in [1.54, 1.807) is 15.5 Å². The first kappa shape index (κ1) is 25.9. The molecule has 1 aromatic heterocycles. The van der Waals surface area contributed by atoms with Gasteiger partial charge in [-0.05, 0) is 60.9 Å². The molecule has 1 unspecified atom stereocenters. The summed E-state index contributed by atoms with van der Waals surface area (Å²) in [6.45, 7) is 4.23. The second kappa shape index (κ2) is 11.8. The van der Waals surface area contributed by atoms with Gasteiger partial charge < -0.3 is 9.64 Å². The number of fused-ring (bicyclic) bond motifs is 1. The molecule has 6 heteroatoms. The zero-order valence-corrected chi connectivity index (χ0v) is 22.2. The molecule has 0 saturated heterocycles. The van der Waals surface area contributed by atoms with Gasteiger partial charge in [0.2, 0.25) is 0 Å². The number of aryl methyl sites for hydroxylation is 1. The average Bonchev–Trinajstić information content (AvgIpc) is 2.97. The molecule has 0 radical (unpaired) electrons. The minimum atomic E-state index is -0.477. The summed E-state index contributed by atoms with van der Waals surface area (Å²) in [6, 6.07) is 33.8. The predicted molar refractivity (Wildman–Crippen MR) is 154 cm³/mol. The molecular weight excluding hydrogens is 486 g/mol. The van der Waals surface area contributed by atoms with Crippen molar-refractivity contribution in [2.24, 2.45) is 0 Å². The van der Waals surface area contributed by atoms with Gasteiger partial charge >= 0.3 is 0 Å². The van der Waals surface area contributed by atoms with Crippen LogP contribution in [-0.2, 0) is 11.3 Å². The SMILES string of the molecule is CCC(c1nc2ccccc2c(=O)n1-c1cccc(C)c1)N(Cc1ccccc1)C(=O)COc1ccccc1. The van der Waals surface area contributed by atoms with E-state index in [-0.39, 0.29) is 18.1 Å². The maximum Gasteiger partial charge on any atom is 0.266 e. The number of para-hydroxylation sites is 2. The Hall–Kier alpha value is -4.71. The summed E-state index contributed by atoms with van der Waals surface area (Å²) in [5.74, 6) is 0.961. The first-order chi connectivity index (χ1) is 19.0. The van der Waals surface area contributed by atoms with E-state index >= 15 is 0 Å². The lowest BCUT2D eigenvalue weighted by atomic mass is 10.1. The summed E-state index contributed by atoms with van der Waals surface area (Å²) in [6.07, 6.45) is 0.556. The van der Waals surface area contributed by atoms with Crippen LogP contribution in [0.1, 0.15) is 36.3 Å². The quantitative estimate of drug-likeness (QED) is 0.232. The zero-order chi connectivity index (χ0) is 27.2. The van der Waals surface area contributed by atoms with E-state index in [1.807, 2.05) is 117 Å². The number of ether oxygens (including phenoxy) is 1. The Morgan fingerprint density at radius 2 is 1.59 bits per heavy atom. The van der Waals surface area contributed by atoms with Gasteiger partial charge in [0.1, 0.15) is 11.6 Å². The number of hydrogen-bond donors (Lipinski definition) is 0. The molecule has 5 rings (SSSR count). The van der Waals surface area contributed by atoms with E-state index in [0.29, 0.717) is 35.4 Å². The Morgan fingerprint density at radius 1 is 0.897 bits per heavy atom. The van der Waals surface area contributed by atoms with Gasteiger partial charge in [-0.25, -0.2) is 4.98 Å². The van der Waals surface area contributed by atoms with Crippen LogP contribution in [0.15, 0.2) is 114 Å². The summed E-state index contributed by atoms with van der Waals surface area (Å²) >= 11 is 0. The third-order valence-corrected chi connectivity index (χ3v) is 6.74. The first-order valence-electron chi connectivity index (χ1n) is 13.1. The minimum Gasteiger partial charge on any atom is -0.484 e. The number of nitrogens with zero attached hydrogens (tertiary/aromatic N) is 3.